The topological polar surface area (TPSA) is 15.3 Å². The minimum absolute atomic E-state index is 0.227. The standard InChI is InChI=1S/C16H22ClFN2/c17-14-6-4-5-13(15(14)18)11-20-10-9-19-16(12-20)7-2-1-3-8-16/h4-6,19H,1-3,7-12H2. The van der Waals surface area contributed by atoms with Crippen LogP contribution in [-0.2, 0) is 6.54 Å². The molecule has 1 saturated carbocycles. The molecular formula is C16H22ClFN2. The third-order valence-corrected chi connectivity index (χ3v) is 4.98. The number of benzene rings is 1. The Bertz CT molecular complexity index is 466. The molecule has 0 radical (unpaired) electrons. The molecule has 2 fully saturated rings. The van der Waals surface area contributed by atoms with Gasteiger partial charge in [-0.15, -0.1) is 0 Å². The van der Waals surface area contributed by atoms with Crippen LogP contribution in [0.5, 0.6) is 0 Å². The Morgan fingerprint density at radius 3 is 2.85 bits per heavy atom. The van der Waals surface area contributed by atoms with E-state index >= 15 is 0 Å². The monoisotopic (exact) mass is 296 g/mol. The highest BCUT2D eigenvalue weighted by atomic mass is 35.5. The summed E-state index contributed by atoms with van der Waals surface area (Å²) in [6.07, 6.45) is 6.48. The van der Waals surface area contributed by atoms with E-state index in [-0.39, 0.29) is 16.4 Å². The van der Waals surface area contributed by atoms with E-state index in [0.717, 1.165) is 19.6 Å². The van der Waals surface area contributed by atoms with Crippen molar-refractivity contribution in [3.05, 3.63) is 34.6 Å². The fourth-order valence-electron chi connectivity index (χ4n) is 3.65. The lowest BCUT2D eigenvalue weighted by Crippen LogP contribution is -2.60. The molecule has 0 amide bonds. The molecule has 0 unspecified atom stereocenters. The van der Waals surface area contributed by atoms with E-state index in [1.807, 2.05) is 12.1 Å². The Balaban J connectivity index is 1.69. The van der Waals surface area contributed by atoms with Gasteiger partial charge in [-0.1, -0.05) is 43.0 Å². The Labute approximate surface area is 125 Å². The molecule has 0 bridgehead atoms. The highest BCUT2D eigenvalue weighted by molar-refractivity contribution is 6.30. The lowest BCUT2D eigenvalue weighted by Gasteiger charge is -2.46. The molecule has 0 atom stereocenters. The Hall–Kier alpha value is -0.640. The van der Waals surface area contributed by atoms with Crippen LogP contribution in [0.4, 0.5) is 4.39 Å². The van der Waals surface area contributed by atoms with Crippen molar-refractivity contribution >= 4 is 11.6 Å². The number of nitrogens with zero attached hydrogens (tertiary/aromatic N) is 1. The van der Waals surface area contributed by atoms with Gasteiger partial charge in [-0.25, -0.2) is 4.39 Å². The maximum absolute atomic E-state index is 14.0. The van der Waals surface area contributed by atoms with Crippen molar-refractivity contribution in [1.82, 2.24) is 10.2 Å². The van der Waals surface area contributed by atoms with Crippen LogP contribution < -0.4 is 5.32 Å². The molecule has 1 aromatic carbocycles. The molecule has 1 N–H and O–H groups in total. The average Bonchev–Trinajstić information content (AvgIpc) is 2.45. The van der Waals surface area contributed by atoms with E-state index in [2.05, 4.69) is 10.2 Å². The van der Waals surface area contributed by atoms with Crippen molar-refractivity contribution in [3.63, 3.8) is 0 Å². The van der Waals surface area contributed by atoms with Gasteiger partial charge < -0.3 is 5.32 Å². The molecule has 1 heterocycles. The van der Waals surface area contributed by atoms with Gasteiger partial charge in [-0.3, -0.25) is 4.90 Å². The molecule has 2 nitrogen and oxygen atoms in total. The molecule has 1 aromatic rings. The second-order valence-corrected chi connectivity index (χ2v) is 6.60. The van der Waals surface area contributed by atoms with Gasteiger partial charge in [0.05, 0.1) is 5.02 Å². The minimum Gasteiger partial charge on any atom is -0.309 e. The molecule has 3 rings (SSSR count). The van der Waals surface area contributed by atoms with Crippen LogP contribution in [0.2, 0.25) is 5.02 Å². The van der Waals surface area contributed by atoms with Crippen LogP contribution in [-0.4, -0.2) is 30.1 Å². The first-order chi connectivity index (χ1) is 9.69. The average molecular weight is 297 g/mol. The molecule has 110 valence electrons. The number of halogens is 2. The predicted octanol–water partition coefficient (Wildman–Crippen LogP) is 3.59. The second-order valence-electron chi connectivity index (χ2n) is 6.19. The SMILES string of the molecule is Fc1c(Cl)cccc1CN1CCNC2(CCCCC2)C1. The first-order valence-electron chi connectivity index (χ1n) is 7.59. The summed E-state index contributed by atoms with van der Waals surface area (Å²) >= 11 is 5.87. The van der Waals surface area contributed by atoms with Gasteiger partial charge in [0, 0.05) is 37.3 Å². The first kappa shape index (κ1) is 14.3. The lowest BCUT2D eigenvalue weighted by atomic mass is 9.80. The van der Waals surface area contributed by atoms with Gasteiger partial charge in [0.25, 0.3) is 0 Å². The molecule has 4 heteroatoms. The van der Waals surface area contributed by atoms with Gasteiger partial charge in [0.1, 0.15) is 5.82 Å². The molecule has 0 aromatic heterocycles. The number of hydrogen-bond donors (Lipinski definition) is 1. The lowest BCUT2D eigenvalue weighted by molar-refractivity contribution is 0.0937. The number of rotatable bonds is 2. The Kier molecular flexibility index (Phi) is 4.29. The van der Waals surface area contributed by atoms with Crippen molar-refractivity contribution in [2.24, 2.45) is 0 Å². The molecule has 1 aliphatic carbocycles. The molecule has 2 aliphatic rings. The van der Waals surface area contributed by atoms with Gasteiger partial charge in [0.15, 0.2) is 0 Å². The number of piperazine rings is 1. The van der Waals surface area contributed by atoms with E-state index in [9.17, 15) is 4.39 Å². The molecule has 20 heavy (non-hydrogen) atoms. The predicted molar refractivity (Wildman–Crippen MR) is 80.5 cm³/mol. The number of hydrogen-bond acceptors (Lipinski definition) is 2. The summed E-state index contributed by atoms with van der Waals surface area (Å²) in [5, 5.41) is 3.94. The van der Waals surface area contributed by atoms with Crippen molar-refractivity contribution in [1.29, 1.82) is 0 Å². The zero-order chi connectivity index (χ0) is 14.0. The molecule has 1 aliphatic heterocycles. The van der Waals surface area contributed by atoms with E-state index < -0.39 is 0 Å². The van der Waals surface area contributed by atoms with Gasteiger partial charge >= 0.3 is 0 Å². The van der Waals surface area contributed by atoms with Crippen molar-refractivity contribution < 1.29 is 4.39 Å². The van der Waals surface area contributed by atoms with E-state index in [1.165, 1.54) is 32.1 Å². The fraction of sp³-hybridized carbons (Fsp3) is 0.625. The van der Waals surface area contributed by atoms with Crippen molar-refractivity contribution in [2.45, 2.75) is 44.2 Å². The van der Waals surface area contributed by atoms with Crippen LogP contribution in [0.15, 0.2) is 18.2 Å². The van der Waals surface area contributed by atoms with E-state index in [1.54, 1.807) is 6.07 Å². The maximum atomic E-state index is 14.0. The summed E-state index contributed by atoms with van der Waals surface area (Å²) in [6, 6.07) is 5.29. The molecular weight excluding hydrogens is 275 g/mol. The highest BCUT2D eigenvalue weighted by Gasteiger charge is 2.36. The molecule has 1 saturated heterocycles. The summed E-state index contributed by atoms with van der Waals surface area (Å²) in [4.78, 5) is 2.37. The van der Waals surface area contributed by atoms with E-state index in [0.29, 0.717) is 12.1 Å². The first-order valence-corrected chi connectivity index (χ1v) is 7.97. The Morgan fingerprint density at radius 1 is 1.25 bits per heavy atom. The summed E-state index contributed by atoms with van der Waals surface area (Å²) < 4.78 is 14.0. The van der Waals surface area contributed by atoms with Gasteiger partial charge in [0.2, 0.25) is 0 Å². The zero-order valence-electron chi connectivity index (χ0n) is 11.8. The van der Waals surface area contributed by atoms with Crippen molar-refractivity contribution in [3.8, 4) is 0 Å². The number of nitrogens with one attached hydrogen (secondary N) is 1. The third kappa shape index (κ3) is 3.00. The summed E-state index contributed by atoms with van der Waals surface area (Å²) in [6.45, 7) is 3.67. The third-order valence-electron chi connectivity index (χ3n) is 4.69. The highest BCUT2D eigenvalue weighted by Crippen LogP contribution is 2.31. The zero-order valence-corrected chi connectivity index (χ0v) is 12.6. The van der Waals surface area contributed by atoms with Crippen molar-refractivity contribution in [2.75, 3.05) is 19.6 Å². The smallest absolute Gasteiger partial charge is 0.146 e. The van der Waals surface area contributed by atoms with Gasteiger partial charge in [-0.2, -0.15) is 0 Å². The van der Waals surface area contributed by atoms with Gasteiger partial charge in [-0.05, 0) is 18.9 Å². The minimum atomic E-state index is -0.259. The largest absolute Gasteiger partial charge is 0.309 e. The van der Waals surface area contributed by atoms with Crippen LogP contribution >= 0.6 is 11.6 Å². The summed E-state index contributed by atoms with van der Waals surface area (Å²) in [7, 11) is 0. The van der Waals surface area contributed by atoms with Crippen LogP contribution in [0.1, 0.15) is 37.7 Å². The fourth-order valence-corrected chi connectivity index (χ4v) is 3.85. The maximum Gasteiger partial charge on any atom is 0.146 e. The second kappa shape index (κ2) is 6.00. The quantitative estimate of drug-likeness (QED) is 0.897. The van der Waals surface area contributed by atoms with Crippen LogP contribution in [0, 0.1) is 5.82 Å². The normalized spacial score (nSPS) is 23.1. The molecule has 1 spiro atoms. The summed E-state index contributed by atoms with van der Waals surface area (Å²) in [5.74, 6) is -0.259. The Morgan fingerprint density at radius 2 is 2.05 bits per heavy atom. The van der Waals surface area contributed by atoms with E-state index in [4.69, 9.17) is 11.6 Å². The van der Waals surface area contributed by atoms with Crippen LogP contribution in [0.3, 0.4) is 0 Å². The van der Waals surface area contributed by atoms with Crippen LogP contribution in [0.25, 0.3) is 0 Å². The summed E-state index contributed by atoms with van der Waals surface area (Å²) in [5.41, 5.74) is 0.983.